The van der Waals surface area contributed by atoms with Crippen molar-refractivity contribution in [3.8, 4) is 5.75 Å². The number of nitrogens with two attached hydrogens (primary N) is 1. The Balaban J connectivity index is 2.30. The maximum atomic E-state index is 13.8. The Kier molecular flexibility index (Phi) is 4.64. The molecular weight excluding hydrogens is 288 g/mol. The molecule has 2 aromatic carbocycles. The molecule has 0 aliphatic rings. The van der Waals surface area contributed by atoms with E-state index in [1.807, 2.05) is 6.07 Å². The summed E-state index contributed by atoms with van der Waals surface area (Å²) in [7, 11) is 0. The second-order valence-electron chi connectivity index (χ2n) is 3.92. The van der Waals surface area contributed by atoms with Gasteiger partial charge in [-0.2, -0.15) is 0 Å². The van der Waals surface area contributed by atoms with Gasteiger partial charge in [0.05, 0.1) is 5.02 Å². The molecule has 2 N–H and O–H groups in total. The number of benzene rings is 2. The molecule has 0 spiro atoms. The third-order valence-corrected chi connectivity index (χ3v) is 3.29. The van der Waals surface area contributed by atoms with Gasteiger partial charge < -0.3 is 10.5 Å². The average Bonchev–Trinajstić information content (AvgIpc) is 2.41. The standard InChI is InChI=1S/C14H12Cl2FNO/c15-10-5-2-1-4-9(10)13(8-18)19-12-7-3-6-11(16)14(12)17/h1-7,13H,8,18H2. The van der Waals surface area contributed by atoms with Crippen LogP contribution in [0.25, 0.3) is 0 Å². The Morgan fingerprint density at radius 1 is 1.05 bits per heavy atom. The Morgan fingerprint density at radius 2 is 1.74 bits per heavy atom. The zero-order chi connectivity index (χ0) is 13.8. The summed E-state index contributed by atoms with van der Waals surface area (Å²) in [6.45, 7) is 0.176. The van der Waals surface area contributed by atoms with Crippen molar-refractivity contribution in [3.63, 3.8) is 0 Å². The van der Waals surface area contributed by atoms with Gasteiger partial charge in [-0.15, -0.1) is 0 Å². The van der Waals surface area contributed by atoms with E-state index in [4.69, 9.17) is 33.7 Å². The first-order chi connectivity index (χ1) is 9.13. The van der Waals surface area contributed by atoms with Crippen molar-refractivity contribution in [2.45, 2.75) is 6.10 Å². The van der Waals surface area contributed by atoms with Crippen LogP contribution in [-0.2, 0) is 0 Å². The predicted molar refractivity (Wildman–Crippen MR) is 75.3 cm³/mol. The third-order valence-electron chi connectivity index (χ3n) is 2.65. The monoisotopic (exact) mass is 299 g/mol. The normalized spacial score (nSPS) is 12.2. The van der Waals surface area contributed by atoms with E-state index in [1.165, 1.54) is 12.1 Å². The highest BCUT2D eigenvalue weighted by atomic mass is 35.5. The lowest BCUT2D eigenvalue weighted by molar-refractivity contribution is 0.204. The van der Waals surface area contributed by atoms with Crippen molar-refractivity contribution < 1.29 is 9.13 Å². The maximum Gasteiger partial charge on any atom is 0.183 e. The Morgan fingerprint density at radius 3 is 2.42 bits per heavy atom. The molecule has 100 valence electrons. The van der Waals surface area contributed by atoms with Crippen LogP contribution in [-0.4, -0.2) is 6.54 Å². The summed E-state index contributed by atoms with van der Waals surface area (Å²) in [5.74, 6) is -0.544. The summed E-state index contributed by atoms with van der Waals surface area (Å²) >= 11 is 11.8. The van der Waals surface area contributed by atoms with E-state index in [1.54, 1.807) is 24.3 Å². The highest BCUT2D eigenvalue weighted by Crippen LogP contribution is 2.30. The average molecular weight is 300 g/mol. The summed E-state index contributed by atoms with van der Waals surface area (Å²) in [5, 5.41) is 0.535. The molecular formula is C14H12Cl2FNO. The van der Waals surface area contributed by atoms with Crippen molar-refractivity contribution >= 4 is 23.2 Å². The number of halogens is 3. The molecule has 0 amide bonds. The molecule has 0 bridgehead atoms. The van der Waals surface area contributed by atoms with Crippen LogP contribution in [0.2, 0.25) is 10.0 Å². The highest BCUT2D eigenvalue weighted by Gasteiger charge is 2.17. The van der Waals surface area contributed by atoms with Crippen molar-refractivity contribution in [1.29, 1.82) is 0 Å². The van der Waals surface area contributed by atoms with E-state index < -0.39 is 11.9 Å². The smallest absolute Gasteiger partial charge is 0.183 e. The van der Waals surface area contributed by atoms with E-state index in [9.17, 15) is 4.39 Å². The van der Waals surface area contributed by atoms with E-state index in [2.05, 4.69) is 0 Å². The van der Waals surface area contributed by atoms with Gasteiger partial charge in [-0.1, -0.05) is 47.5 Å². The van der Waals surface area contributed by atoms with Gasteiger partial charge in [0.25, 0.3) is 0 Å². The van der Waals surface area contributed by atoms with Gasteiger partial charge in [-0.05, 0) is 18.2 Å². The first-order valence-corrected chi connectivity index (χ1v) is 6.44. The number of hydrogen-bond donors (Lipinski definition) is 1. The molecule has 0 radical (unpaired) electrons. The summed E-state index contributed by atoms with van der Waals surface area (Å²) in [6, 6.07) is 11.7. The molecule has 0 fully saturated rings. The Hall–Kier alpha value is -1.29. The van der Waals surface area contributed by atoms with Gasteiger partial charge in [0, 0.05) is 17.1 Å². The molecule has 5 heteroatoms. The van der Waals surface area contributed by atoms with Crippen molar-refractivity contribution in [2.75, 3.05) is 6.54 Å². The number of hydrogen-bond acceptors (Lipinski definition) is 2. The van der Waals surface area contributed by atoms with Crippen LogP contribution < -0.4 is 10.5 Å². The molecule has 0 saturated carbocycles. The van der Waals surface area contributed by atoms with Gasteiger partial charge in [-0.3, -0.25) is 0 Å². The molecule has 1 atom stereocenters. The molecule has 0 saturated heterocycles. The molecule has 0 aliphatic heterocycles. The minimum Gasteiger partial charge on any atom is -0.481 e. The maximum absolute atomic E-state index is 13.8. The molecule has 19 heavy (non-hydrogen) atoms. The highest BCUT2D eigenvalue weighted by molar-refractivity contribution is 6.31. The van der Waals surface area contributed by atoms with Crippen molar-refractivity contribution in [3.05, 3.63) is 63.9 Å². The van der Waals surface area contributed by atoms with E-state index in [0.29, 0.717) is 10.6 Å². The fraction of sp³-hybridized carbons (Fsp3) is 0.143. The molecule has 0 aromatic heterocycles. The minimum atomic E-state index is -0.602. The molecule has 0 heterocycles. The van der Waals surface area contributed by atoms with Crippen molar-refractivity contribution in [2.24, 2.45) is 5.73 Å². The molecule has 1 unspecified atom stereocenters. The number of rotatable bonds is 4. The Labute approximate surface area is 120 Å². The van der Waals surface area contributed by atoms with Gasteiger partial charge in [0.1, 0.15) is 6.10 Å². The summed E-state index contributed by atoms with van der Waals surface area (Å²) in [5.41, 5.74) is 6.38. The molecule has 0 aliphatic carbocycles. The molecule has 2 nitrogen and oxygen atoms in total. The second-order valence-corrected chi connectivity index (χ2v) is 4.73. The van der Waals surface area contributed by atoms with E-state index >= 15 is 0 Å². The minimum absolute atomic E-state index is 0.00688. The molecule has 2 aromatic rings. The van der Waals surface area contributed by atoms with E-state index in [-0.39, 0.29) is 17.3 Å². The third kappa shape index (κ3) is 3.18. The first-order valence-electron chi connectivity index (χ1n) is 5.68. The topological polar surface area (TPSA) is 35.2 Å². The SMILES string of the molecule is NCC(Oc1cccc(Cl)c1F)c1ccccc1Cl. The van der Waals surface area contributed by atoms with Gasteiger partial charge >= 0.3 is 0 Å². The van der Waals surface area contributed by atoms with Crippen LogP contribution >= 0.6 is 23.2 Å². The zero-order valence-corrected chi connectivity index (χ0v) is 11.5. The molecule has 2 rings (SSSR count). The Bertz CT molecular complexity index is 577. The zero-order valence-electron chi connectivity index (χ0n) is 9.95. The van der Waals surface area contributed by atoms with Crippen molar-refractivity contribution in [1.82, 2.24) is 0 Å². The lowest BCUT2D eigenvalue weighted by Crippen LogP contribution is -2.19. The van der Waals surface area contributed by atoms with Crippen LogP contribution in [0.3, 0.4) is 0 Å². The predicted octanol–water partition coefficient (Wildman–Crippen LogP) is 4.21. The number of ether oxygens (including phenoxy) is 1. The van der Waals surface area contributed by atoms with Gasteiger partial charge in [0.15, 0.2) is 11.6 Å². The van der Waals surface area contributed by atoms with Crippen LogP contribution in [0.1, 0.15) is 11.7 Å². The fourth-order valence-corrected chi connectivity index (χ4v) is 2.13. The van der Waals surface area contributed by atoms with Crippen LogP contribution in [0.5, 0.6) is 5.75 Å². The van der Waals surface area contributed by atoms with E-state index in [0.717, 1.165) is 0 Å². The van der Waals surface area contributed by atoms with Gasteiger partial charge in [-0.25, -0.2) is 4.39 Å². The quantitative estimate of drug-likeness (QED) is 0.918. The first kappa shape index (κ1) is 14.1. The summed E-state index contributed by atoms with van der Waals surface area (Å²) < 4.78 is 19.4. The van der Waals surface area contributed by atoms with Gasteiger partial charge in [0.2, 0.25) is 0 Å². The van der Waals surface area contributed by atoms with Crippen LogP contribution in [0, 0.1) is 5.82 Å². The lowest BCUT2D eigenvalue weighted by atomic mass is 10.1. The van der Waals surface area contributed by atoms with Crippen LogP contribution in [0.4, 0.5) is 4.39 Å². The summed E-state index contributed by atoms with van der Waals surface area (Å²) in [4.78, 5) is 0. The summed E-state index contributed by atoms with van der Waals surface area (Å²) in [6.07, 6.45) is -0.526. The lowest BCUT2D eigenvalue weighted by Gasteiger charge is -2.19. The fourth-order valence-electron chi connectivity index (χ4n) is 1.70. The largest absolute Gasteiger partial charge is 0.481 e. The second kappa shape index (κ2) is 6.24. The van der Waals surface area contributed by atoms with Crippen LogP contribution in [0.15, 0.2) is 42.5 Å².